The predicted molar refractivity (Wildman–Crippen MR) is 120 cm³/mol. The van der Waals surface area contributed by atoms with Crippen LogP contribution in [-0.4, -0.2) is 23.3 Å². The van der Waals surface area contributed by atoms with E-state index in [4.69, 9.17) is 4.42 Å². The van der Waals surface area contributed by atoms with Gasteiger partial charge in [-0.1, -0.05) is 24.3 Å². The molecule has 0 unspecified atom stereocenters. The summed E-state index contributed by atoms with van der Waals surface area (Å²) in [6, 6.07) is 16.8. The number of aliphatic hydroxyl groups is 2. The summed E-state index contributed by atoms with van der Waals surface area (Å²) < 4.78 is 8.40. The van der Waals surface area contributed by atoms with Gasteiger partial charge in [-0.05, 0) is 43.2 Å². The van der Waals surface area contributed by atoms with E-state index in [2.05, 4.69) is 24.5 Å². The Morgan fingerprint density at radius 3 is 2.43 bits per heavy atom. The van der Waals surface area contributed by atoms with Crippen molar-refractivity contribution in [3.8, 4) is 11.1 Å². The Balaban J connectivity index is 2.28. The molecule has 0 fully saturated rings. The highest BCUT2D eigenvalue weighted by atomic mass is 16.3. The van der Waals surface area contributed by atoms with Crippen molar-refractivity contribution in [2.75, 3.05) is 13.1 Å². The first-order chi connectivity index (χ1) is 14.6. The first-order valence-corrected chi connectivity index (χ1v) is 10.1. The van der Waals surface area contributed by atoms with Gasteiger partial charge in [-0.15, -0.1) is 0 Å². The van der Waals surface area contributed by atoms with Crippen molar-refractivity contribution < 1.29 is 14.6 Å². The van der Waals surface area contributed by atoms with E-state index in [0.29, 0.717) is 16.6 Å². The van der Waals surface area contributed by atoms with Gasteiger partial charge < -0.3 is 14.6 Å². The molecule has 0 amide bonds. The summed E-state index contributed by atoms with van der Waals surface area (Å²) in [7, 11) is 0. The second-order valence-electron chi connectivity index (χ2n) is 7.13. The van der Waals surface area contributed by atoms with Crippen molar-refractivity contribution in [2.45, 2.75) is 20.5 Å². The maximum atomic E-state index is 12.3. The quantitative estimate of drug-likeness (QED) is 0.407. The van der Waals surface area contributed by atoms with E-state index in [1.165, 1.54) is 6.07 Å². The molecule has 0 saturated carbocycles. The third-order valence-electron chi connectivity index (χ3n) is 5.59. The van der Waals surface area contributed by atoms with Gasteiger partial charge >= 0.3 is 0 Å². The van der Waals surface area contributed by atoms with Gasteiger partial charge in [0.1, 0.15) is 24.3 Å². The van der Waals surface area contributed by atoms with E-state index in [1.54, 1.807) is 6.07 Å². The fourth-order valence-corrected chi connectivity index (χ4v) is 4.05. The van der Waals surface area contributed by atoms with Crippen molar-refractivity contribution >= 4 is 28.2 Å². The molecule has 5 heteroatoms. The van der Waals surface area contributed by atoms with Crippen molar-refractivity contribution in [3.05, 3.63) is 81.0 Å². The Hall–Kier alpha value is -3.44. The van der Waals surface area contributed by atoms with E-state index in [-0.39, 0.29) is 17.3 Å². The van der Waals surface area contributed by atoms with Gasteiger partial charge in [-0.3, -0.25) is 4.79 Å². The number of hydrogen-bond donors (Lipinski definition) is 2. The van der Waals surface area contributed by atoms with Crippen LogP contribution < -0.4 is 20.6 Å². The Morgan fingerprint density at radius 1 is 1.00 bits per heavy atom. The molecule has 0 saturated heterocycles. The number of fused-ring (bicyclic) bond motifs is 2. The van der Waals surface area contributed by atoms with Gasteiger partial charge in [-0.25, -0.2) is 4.58 Å². The van der Waals surface area contributed by atoms with Crippen molar-refractivity contribution in [3.63, 3.8) is 0 Å². The van der Waals surface area contributed by atoms with E-state index >= 15 is 0 Å². The maximum absolute atomic E-state index is 12.3. The number of benzene rings is 3. The van der Waals surface area contributed by atoms with Crippen LogP contribution in [0.1, 0.15) is 19.4 Å². The fourth-order valence-electron chi connectivity index (χ4n) is 4.05. The third-order valence-corrected chi connectivity index (χ3v) is 5.59. The molecule has 0 bridgehead atoms. The van der Waals surface area contributed by atoms with E-state index in [0.717, 1.165) is 46.8 Å². The van der Waals surface area contributed by atoms with Gasteiger partial charge in [0.2, 0.25) is 5.36 Å². The van der Waals surface area contributed by atoms with Crippen molar-refractivity contribution in [2.24, 2.45) is 0 Å². The van der Waals surface area contributed by atoms with Crippen LogP contribution in [0.5, 0.6) is 0 Å². The lowest BCUT2D eigenvalue weighted by atomic mass is 9.93. The summed E-state index contributed by atoms with van der Waals surface area (Å²) >= 11 is 0. The molecule has 2 N–H and O–H groups in total. The minimum absolute atomic E-state index is 0.110. The van der Waals surface area contributed by atoms with Gasteiger partial charge in [0.05, 0.1) is 24.2 Å². The van der Waals surface area contributed by atoms with Gasteiger partial charge in [0.15, 0.2) is 5.43 Å². The topological polar surface area (TPSA) is 73.7 Å². The highest BCUT2D eigenvalue weighted by Gasteiger charge is 2.17. The fraction of sp³-hybridized carbons (Fsp3) is 0.200. The molecule has 4 aromatic rings. The molecule has 0 aliphatic carbocycles. The number of rotatable bonds is 4. The first kappa shape index (κ1) is 19.9. The minimum atomic E-state index is -0.311. The van der Waals surface area contributed by atoms with Crippen LogP contribution in [0.2, 0.25) is 0 Å². The number of nitrogens with zero attached hydrogens (tertiary/aromatic N) is 1. The Labute approximate surface area is 173 Å². The average Bonchev–Trinajstić information content (AvgIpc) is 2.78. The number of aliphatic hydroxyl groups excluding tert-OH is 2. The summed E-state index contributed by atoms with van der Waals surface area (Å²) in [4.78, 5) is 12.3. The van der Waals surface area contributed by atoms with Crippen LogP contribution in [0.3, 0.4) is 0 Å². The van der Waals surface area contributed by atoms with Crippen LogP contribution in [0.4, 0.5) is 0 Å². The van der Waals surface area contributed by atoms with E-state index < -0.39 is 0 Å². The maximum Gasteiger partial charge on any atom is 0.203 e. The molecule has 1 aromatic heterocycles. The van der Waals surface area contributed by atoms with Crippen LogP contribution >= 0.6 is 0 Å². The van der Waals surface area contributed by atoms with Crippen molar-refractivity contribution in [1.82, 2.24) is 4.58 Å². The molecular formula is C25H24NO4+. The zero-order chi connectivity index (χ0) is 21.3. The predicted octanol–water partition coefficient (Wildman–Crippen LogP) is 2.93. The molecule has 0 aliphatic rings. The van der Waals surface area contributed by atoms with E-state index in [1.807, 2.05) is 36.4 Å². The molecule has 0 aliphatic heterocycles. The average molecular weight is 402 g/mol. The molecule has 5 nitrogen and oxygen atoms in total. The van der Waals surface area contributed by atoms with Gasteiger partial charge in [0, 0.05) is 22.4 Å². The summed E-state index contributed by atoms with van der Waals surface area (Å²) in [6.07, 6.45) is 0.802. The molecule has 3 aromatic carbocycles. The highest BCUT2D eigenvalue weighted by Crippen LogP contribution is 2.36. The summed E-state index contributed by atoms with van der Waals surface area (Å²) in [5.41, 5.74) is 3.14. The summed E-state index contributed by atoms with van der Waals surface area (Å²) in [5.74, 6) is 0. The van der Waals surface area contributed by atoms with Crippen LogP contribution in [0, 0.1) is 0 Å². The Bertz CT molecular complexity index is 1430. The second-order valence-corrected chi connectivity index (χ2v) is 7.13. The molecule has 4 rings (SSSR count). The highest BCUT2D eigenvalue weighted by molar-refractivity contribution is 6.08. The first-order valence-electron chi connectivity index (χ1n) is 10.1. The molecule has 152 valence electrons. The molecule has 1 heterocycles. The summed E-state index contributed by atoms with van der Waals surface area (Å²) in [6.45, 7) is 5.79. The lowest BCUT2D eigenvalue weighted by molar-refractivity contribution is 0.282. The van der Waals surface area contributed by atoms with Crippen LogP contribution in [0.25, 0.3) is 39.3 Å². The monoisotopic (exact) mass is 402 g/mol. The smallest absolute Gasteiger partial charge is 0.203 e. The summed E-state index contributed by atoms with van der Waals surface area (Å²) in [5, 5.41) is 22.4. The zero-order valence-corrected chi connectivity index (χ0v) is 17.1. The molecule has 0 spiro atoms. The molecule has 30 heavy (non-hydrogen) atoms. The van der Waals surface area contributed by atoms with Crippen molar-refractivity contribution in [1.29, 1.82) is 0 Å². The lowest BCUT2D eigenvalue weighted by Crippen LogP contribution is -2.29. The Kier molecular flexibility index (Phi) is 5.38. The molecule has 0 radical (unpaired) electrons. The normalized spacial score (nSPS) is 12.0. The zero-order valence-electron chi connectivity index (χ0n) is 17.1. The second kappa shape index (κ2) is 8.13. The number of hydrogen-bond acceptors (Lipinski definition) is 4. The third kappa shape index (κ3) is 3.17. The van der Waals surface area contributed by atoms with Gasteiger partial charge in [0.25, 0.3) is 0 Å². The SMILES string of the molecule is CC[N+](CC)=c1ccc2c(-c3ccccc3CO)c3ccc(=O)c(=CO)c3oc2c1. The van der Waals surface area contributed by atoms with Crippen LogP contribution in [0.15, 0.2) is 63.8 Å². The molecular weight excluding hydrogens is 378 g/mol. The lowest BCUT2D eigenvalue weighted by Gasteiger charge is -2.14. The standard InChI is InChI=1S/C25H23NO4/c1-3-26(4-2)17-9-10-19-23(13-17)30-25-20(11-12-22(29)21(25)15-28)24(19)18-8-6-5-7-16(18)14-27/h5-13,15,27H,3-4,14H2,1-2H3/p+1. The van der Waals surface area contributed by atoms with Crippen LogP contribution in [-0.2, 0) is 6.61 Å². The van der Waals surface area contributed by atoms with E-state index in [9.17, 15) is 15.0 Å². The Morgan fingerprint density at radius 2 is 1.73 bits per heavy atom. The van der Waals surface area contributed by atoms with Gasteiger partial charge in [-0.2, -0.15) is 0 Å². The molecule has 0 atom stereocenters. The largest absolute Gasteiger partial charge is 0.515 e. The minimum Gasteiger partial charge on any atom is -0.515 e.